The van der Waals surface area contributed by atoms with E-state index in [0.717, 1.165) is 42.5 Å². The number of anilines is 2. The highest BCUT2D eigenvalue weighted by atomic mass is 19.4. The molecule has 0 unspecified atom stereocenters. The van der Waals surface area contributed by atoms with Crippen LogP contribution in [0.5, 0.6) is 0 Å². The molecule has 0 aromatic heterocycles. The lowest BCUT2D eigenvalue weighted by Gasteiger charge is -2.11. The molecule has 2 N–H and O–H groups in total. The minimum absolute atomic E-state index is 0.0333. The van der Waals surface area contributed by atoms with E-state index < -0.39 is 29.4 Å². The highest BCUT2D eigenvalue weighted by Crippen LogP contribution is 2.31. The Balaban J connectivity index is 1.93. The molecule has 0 radical (unpaired) electrons. The quantitative estimate of drug-likeness (QED) is 0.769. The van der Waals surface area contributed by atoms with E-state index in [4.69, 9.17) is 0 Å². The first-order chi connectivity index (χ1) is 11.6. The van der Waals surface area contributed by atoms with Crippen LogP contribution in [0, 0.1) is 0 Å². The predicted molar refractivity (Wildman–Crippen MR) is 80.0 cm³/mol. The summed E-state index contributed by atoms with van der Waals surface area (Å²) in [4.78, 5) is 11.7. The largest absolute Gasteiger partial charge is 0.416 e. The molecule has 3 nitrogen and oxygen atoms in total. The minimum atomic E-state index is -4.53. The first kappa shape index (κ1) is 18.6. The van der Waals surface area contributed by atoms with Gasteiger partial charge in [0.15, 0.2) is 0 Å². The first-order valence-corrected chi connectivity index (χ1v) is 6.94. The van der Waals surface area contributed by atoms with Crippen molar-refractivity contribution >= 4 is 17.3 Å². The SMILES string of the molecule is O=C(CNc1ccc(C(F)(F)F)cc1)Nc1cccc(C(F)(F)F)c1. The fourth-order valence-electron chi connectivity index (χ4n) is 1.94. The molecule has 2 aromatic rings. The van der Waals surface area contributed by atoms with Crippen molar-refractivity contribution in [1.82, 2.24) is 0 Å². The van der Waals surface area contributed by atoms with E-state index in [1.165, 1.54) is 6.07 Å². The lowest BCUT2D eigenvalue weighted by Crippen LogP contribution is -2.22. The molecule has 0 aliphatic carbocycles. The van der Waals surface area contributed by atoms with Gasteiger partial charge in [0.2, 0.25) is 5.91 Å². The zero-order valence-electron chi connectivity index (χ0n) is 12.5. The van der Waals surface area contributed by atoms with Crippen molar-refractivity contribution in [2.75, 3.05) is 17.2 Å². The van der Waals surface area contributed by atoms with E-state index in [-0.39, 0.29) is 17.9 Å². The van der Waals surface area contributed by atoms with Gasteiger partial charge in [-0.2, -0.15) is 26.3 Å². The van der Waals surface area contributed by atoms with Gasteiger partial charge in [0.1, 0.15) is 0 Å². The third-order valence-corrected chi connectivity index (χ3v) is 3.14. The van der Waals surface area contributed by atoms with E-state index in [9.17, 15) is 31.1 Å². The molecular formula is C16H12F6N2O. The maximum atomic E-state index is 12.6. The van der Waals surface area contributed by atoms with Crippen LogP contribution in [0.25, 0.3) is 0 Å². The number of halogens is 6. The molecule has 134 valence electrons. The molecule has 0 spiro atoms. The second-order valence-corrected chi connectivity index (χ2v) is 5.06. The summed E-state index contributed by atoms with van der Waals surface area (Å²) in [5.41, 5.74) is -1.49. The maximum Gasteiger partial charge on any atom is 0.416 e. The average Bonchev–Trinajstić information content (AvgIpc) is 2.52. The summed E-state index contributed by atoms with van der Waals surface area (Å²) in [5.74, 6) is -0.640. The Morgan fingerprint density at radius 3 is 1.96 bits per heavy atom. The van der Waals surface area contributed by atoms with Gasteiger partial charge in [-0.15, -0.1) is 0 Å². The Labute approximate surface area is 138 Å². The van der Waals surface area contributed by atoms with Gasteiger partial charge < -0.3 is 10.6 Å². The zero-order chi connectivity index (χ0) is 18.7. The van der Waals surface area contributed by atoms with Gasteiger partial charge in [-0.1, -0.05) is 6.07 Å². The molecule has 2 aromatic carbocycles. The lowest BCUT2D eigenvalue weighted by molar-refractivity contribution is -0.138. The van der Waals surface area contributed by atoms with Crippen LogP contribution < -0.4 is 10.6 Å². The number of amides is 1. The van der Waals surface area contributed by atoms with Gasteiger partial charge >= 0.3 is 12.4 Å². The van der Waals surface area contributed by atoms with Crippen LogP contribution in [0.4, 0.5) is 37.7 Å². The summed E-state index contributed by atoms with van der Waals surface area (Å²) >= 11 is 0. The highest BCUT2D eigenvalue weighted by Gasteiger charge is 2.31. The van der Waals surface area contributed by atoms with Crippen LogP contribution in [-0.4, -0.2) is 12.5 Å². The monoisotopic (exact) mass is 362 g/mol. The smallest absolute Gasteiger partial charge is 0.376 e. The molecule has 0 saturated carbocycles. The minimum Gasteiger partial charge on any atom is -0.376 e. The van der Waals surface area contributed by atoms with Crippen LogP contribution in [0.2, 0.25) is 0 Å². The van der Waals surface area contributed by atoms with Crippen molar-refractivity contribution in [3.63, 3.8) is 0 Å². The maximum absolute atomic E-state index is 12.6. The zero-order valence-corrected chi connectivity index (χ0v) is 12.5. The fourth-order valence-corrected chi connectivity index (χ4v) is 1.94. The second kappa shape index (κ2) is 7.04. The van der Waals surface area contributed by atoms with Crippen molar-refractivity contribution in [1.29, 1.82) is 0 Å². The topological polar surface area (TPSA) is 41.1 Å². The van der Waals surface area contributed by atoms with Crippen LogP contribution in [0.15, 0.2) is 48.5 Å². The number of hydrogen-bond donors (Lipinski definition) is 2. The van der Waals surface area contributed by atoms with E-state index in [1.54, 1.807) is 0 Å². The van der Waals surface area contributed by atoms with Crippen LogP contribution in [-0.2, 0) is 17.1 Å². The lowest BCUT2D eigenvalue weighted by atomic mass is 10.2. The summed E-state index contributed by atoms with van der Waals surface area (Å²) in [6.07, 6.45) is -8.99. The summed E-state index contributed by atoms with van der Waals surface area (Å²) in [6.45, 7) is -0.318. The Kier molecular flexibility index (Phi) is 5.24. The molecule has 0 heterocycles. The standard InChI is InChI=1S/C16H12F6N2O/c17-15(18,19)10-4-6-12(7-5-10)23-9-14(25)24-13-3-1-2-11(8-13)16(20,21)22/h1-8,23H,9H2,(H,24,25). The van der Waals surface area contributed by atoms with Crippen LogP contribution in [0.3, 0.4) is 0 Å². The molecule has 0 aliphatic heterocycles. The van der Waals surface area contributed by atoms with E-state index >= 15 is 0 Å². The summed E-state index contributed by atoms with van der Waals surface area (Å²) in [6, 6.07) is 8.12. The number of nitrogens with one attached hydrogen (secondary N) is 2. The van der Waals surface area contributed by atoms with Gasteiger partial charge in [-0.25, -0.2) is 0 Å². The molecule has 1 amide bonds. The molecule has 0 saturated heterocycles. The molecule has 0 fully saturated rings. The van der Waals surface area contributed by atoms with E-state index in [2.05, 4.69) is 10.6 Å². The number of rotatable bonds is 4. The van der Waals surface area contributed by atoms with Crippen molar-refractivity contribution in [3.8, 4) is 0 Å². The molecular weight excluding hydrogens is 350 g/mol. The van der Waals surface area contributed by atoms with Crippen LogP contribution >= 0.6 is 0 Å². The van der Waals surface area contributed by atoms with Crippen molar-refractivity contribution in [2.24, 2.45) is 0 Å². The van der Waals surface area contributed by atoms with E-state index in [0.29, 0.717) is 0 Å². The van der Waals surface area contributed by atoms with Crippen molar-refractivity contribution in [2.45, 2.75) is 12.4 Å². The highest BCUT2D eigenvalue weighted by molar-refractivity contribution is 5.93. The summed E-state index contributed by atoms with van der Waals surface area (Å²) in [5, 5.41) is 4.87. The predicted octanol–water partition coefficient (Wildman–Crippen LogP) is 4.77. The first-order valence-electron chi connectivity index (χ1n) is 6.94. The number of carbonyl (C=O) groups is 1. The molecule has 0 atom stereocenters. The molecule has 25 heavy (non-hydrogen) atoms. The van der Waals surface area contributed by atoms with Gasteiger partial charge in [0.05, 0.1) is 17.7 Å². The second-order valence-electron chi connectivity index (χ2n) is 5.06. The normalized spacial score (nSPS) is 11.9. The van der Waals surface area contributed by atoms with E-state index in [1.807, 2.05) is 0 Å². The molecule has 0 bridgehead atoms. The molecule has 2 rings (SSSR count). The summed E-state index contributed by atoms with van der Waals surface area (Å²) < 4.78 is 75.0. The van der Waals surface area contributed by atoms with Crippen molar-refractivity contribution in [3.05, 3.63) is 59.7 Å². The number of hydrogen-bond acceptors (Lipinski definition) is 2. The average molecular weight is 362 g/mol. The van der Waals surface area contributed by atoms with Gasteiger partial charge in [0, 0.05) is 11.4 Å². The Morgan fingerprint density at radius 1 is 0.800 bits per heavy atom. The molecule has 0 aliphatic rings. The Morgan fingerprint density at radius 2 is 1.40 bits per heavy atom. The Bertz CT molecular complexity index is 738. The number of alkyl halides is 6. The Hall–Kier alpha value is -2.71. The fraction of sp³-hybridized carbons (Fsp3) is 0.188. The van der Waals surface area contributed by atoms with Gasteiger partial charge in [-0.05, 0) is 42.5 Å². The van der Waals surface area contributed by atoms with Crippen molar-refractivity contribution < 1.29 is 31.1 Å². The van der Waals surface area contributed by atoms with Gasteiger partial charge in [0.25, 0.3) is 0 Å². The van der Waals surface area contributed by atoms with Gasteiger partial charge in [-0.3, -0.25) is 4.79 Å². The summed E-state index contributed by atoms with van der Waals surface area (Å²) in [7, 11) is 0. The third-order valence-electron chi connectivity index (χ3n) is 3.14. The third kappa shape index (κ3) is 5.40. The number of carbonyl (C=O) groups excluding carboxylic acids is 1. The number of benzene rings is 2. The molecule has 9 heteroatoms. The van der Waals surface area contributed by atoms with Crippen LogP contribution in [0.1, 0.15) is 11.1 Å².